The molecule has 0 bridgehead atoms. The first kappa shape index (κ1) is 10.1. The van der Waals surface area contributed by atoms with Crippen LogP contribution in [0.5, 0.6) is 0 Å². The normalized spacial score (nSPS) is 16.1. The van der Waals surface area contributed by atoms with Gasteiger partial charge in [-0.25, -0.2) is 4.79 Å². The zero-order chi connectivity index (χ0) is 10.7. The van der Waals surface area contributed by atoms with Gasteiger partial charge in [0, 0.05) is 6.54 Å². The summed E-state index contributed by atoms with van der Waals surface area (Å²) in [5.41, 5.74) is 0.302. The molecule has 0 amide bonds. The summed E-state index contributed by atoms with van der Waals surface area (Å²) in [6, 6.07) is 0. The highest BCUT2D eigenvalue weighted by Gasteiger charge is 2.19. The lowest BCUT2D eigenvalue weighted by Crippen LogP contribution is -2.18. The molecule has 1 aromatic heterocycles. The molecule has 0 aromatic carbocycles. The molecule has 5 heteroatoms. The molecule has 0 unspecified atom stereocenters. The average molecular weight is 209 g/mol. The van der Waals surface area contributed by atoms with E-state index < -0.39 is 5.97 Å². The van der Waals surface area contributed by atoms with Crippen LogP contribution in [0.4, 0.5) is 0 Å². The van der Waals surface area contributed by atoms with E-state index in [2.05, 4.69) is 10.3 Å². The average Bonchev–Trinajstić information content (AvgIpc) is 2.60. The fraction of sp³-hybridized carbons (Fsp3) is 0.700. The molecule has 0 N–H and O–H groups in total. The molecule has 1 aliphatic rings. The highest BCUT2D eigenvalue weighted by molar-refractivity contribution is 5.86. The number of rotatable bonds is 4. The fourth-order valence-electron chi connectivity index (χ4n) is 1.63. The Kier molecular flexibility index (Phi) is 2.99. The second-order valence-corrected chi connectivity index (χ2v) is 3.84. The maximum Gasteiger partial charge on any atom is 0.360 e. The van der Waals surface area contributed by atoms with E-state index in [1.54, 1.807) is 17.8 Å². The summed E-state index contributed by atoms with van der Waals surface area (Å²) in [6.07, 6.45) is 5.49. The Morgan fingerprint density at radius 2 is 2.47 bits per heavy atom. The standard InChI is InChI=1S/C10H15N3O2/c1-2-15-10(14)9-7-13(12-11-9)6-8-4-3-5-8/h7-8H,2-6H2,1H3. The first-order chi connectivity index (χ1) is 7.29. The summed E-state index contributed by atoms with van der Waals surface area (Å²) in [5, 5.41) is 7.69. The Morgan fingerprint density at radius 1 is 1.67 bits per heavy atom. The van der Waals surface area contributed by atoms with Crippen molar-refractivity contribution in [3.05, 3.63) is 11.9 Å². The predicted octanol–water partition coefficient (Wildman–Crippen LogP) is 1.25. The van der Waals surface area contributed by atoms with Crippen LogP contribution < -0.4 is 0 Å². The number of carbonyl (C=O) groups is 1. The third-order valence-corrected chi connectivity index (χ3v) is 2.69. The van der Waals surface area contributed by atoms with Gasteiger partial charge in [-0.2, -0.15) is 0 Å². The number of hydrogen-bond donors (Lipinski definition) is 0. The zero-order valence-electron chi connectivity index (χ0n) is 8.85. The molecule has 0 spiro atoms. The quantitative estimate of drug-likeness (QED) is 0.700. The van der Waals surface area contributed by atoms with Gasteiger partial charge in [0.15, 0.2) is 5.69 Å². The summed E-state index contributed by atoms with van der Waals surface area (Å²) in [4.78, 5) is 11.3. The first-order valence-corrected chi connectivity index (χ1v) is 5.37. The van der Waals surface area contributed by atoms with Crippen molar-refractivity contribution in [3.8, 4) is 0 Å². The molecule has 0 saturated heterocycles. The second-order valence-electron chi connectivity index (χ2n) is 3.84. The van der Waals surface area contributed by atoms with E-state index >= 15 is 0 Å². The topological polar surface area (TPSA) is 57.0 Å². The Balaban J connectivity index is 1.93. The van der Waals surface area contributed by atoms with E-state index in [9.17, 15) is 4.79 Å². The van der Waals surface area contributed by atoms with Crippen molar-refractivity contribution >= 4 is 5.97 Å². The van der Waals surface area contributed by atoms with E-state index in [4.69, 9.17) is 4.74 Å². The molecule has 1 fully saturated rings. The predicted molar refractivity (Wildman–Crippen MR) is 53.3 cm³/mol. The van der Waals surface area contributed by atoms with Gasteiger partial charge in [-0.3, -0.25) is 4.68 Å². The van der Waals surface area contributed by atoms with Crippen molar-refractivity contribution in [2.75, 3.05) is 6.61 Å². The Labute approximate surface area is 88.4 Å². The van der Waals surface area contributed by atoms with Gasteiger partial charge < -0.3 is 4.74 Å². The molecule has 2 rings (SSSR count). The molecule has 1 heterocycles. The summed E-state index contributed by atoms with van der Waals surface area (Å²) in [6.45, 7) is 3.01. The fourth-order valence-corrected chi connectivity index (χ4v) is 1.63. The number of aromatic nitrogens is 3. The maximum absolute atomic E-state index is 11.3. The Hall–Kier alpha value is -1.39. The van der Waals surface area contributed by atoms with Gasteiger partial charge in [0.05, 0.1) is 12.8 Å². The van der Waals surface area contributed by atoms with Crippen LogP contribution in [0.15, 0.2) is 6.20 Å². The molecule has 1 saturated carbocycles. The molecule has 82 valence electrons. The third-order valence-electron chi connectivity index (χ3n) is 2.69. The molecule has 1 aliphatic carbocycles. The third kappa shape index (κ3) is 2.34. The van der Waals surface area contributed by atoms with Gasteiger partial charge in [-0.05, 0) is 25.7 Å². The van der Waals surface area contributed by atoms with Crippen LogP contribution in [0.1, 0.15) is 36.7 Å². The number of hydrogen-bond acceptors (Lipinski definition) is 4. The largest absolute Gasteiger partial charge is 0.461 e. The van der Waals surface area contributed by atoms with Crippen molar-refractivity contribution < 1.29 is 9.53 Å². The van der Waals surface area contributed by atoms with Gasteiger partial charge in [0.25, 0.3) is 0 Å². The van der Waals surface area contributed by atoms with Crippen molar-refractivity contribution in [2.24, 2.45) is 5.92 Å². The summed E-state index contributed by atoms with van der Waals surface area (Å²) in [7, 11) is 0. The number of ether oxygens (including phenoxy) is 1. The molecule has 15 heavy (non-hydrogen) atoms. The van der Waals surface area contributed by atoms with Gasteiger partial charge in [0.2, 0.25) is 0 Å². The number of carbonyl (C=O) groups excluding carboxylic acids is 1. The lowest BCUT2D eigenvalue weighted by Gasteiger charge is -2.24. The molecule has 0 radical (unpaired) electrons. The van der Waals surface area contributed by atoms with Crippen molar-refractivity contribution in [1.82, 2.24) is 15.0 Å². The minimum atomic E-state index is -0.391. The molecular weight excluding hydrogens is 194 g/mol. The van der Waals surface area contributed by atoms with Gasteiger partial charge >= 0.3 is 5.97 Å². The minimum Gasteiger partial charge on any atom is -0.461 e. The van der Waals surface area contributed by atoms with E-state index in [1.807, 2.05) is 0 Å². The first-order valence-electron chi connectivity index (χ1n) is 5.37. The van der Waals surface area contributed by atoms with E-state index in [1.165, 1.54) is 19.3 Å². The lowest BCUT2D eigenvalue weighted by atomic mass is 9.85. The van der Waals surface area contributed by atoms with Crippen LogP contribution in [0.3, 0.4) is 0 Å². The minimum absolute atomic E-state index is 0.302. The van der Waals surface area contributed by atoms with Gasteiger partial charge in [-0.1, -0.05) is 11.6 Å². The van der Waals surface area contributed by atoms with E-state index in [0.29, 0.717) is 18.2 Å². The van der Waals surface area contributed by atoms with Gasteiger partial charge in [-0.15, -0.1) is 5.10 Å². The molecule has 5 nitrogen and oxygen atoms in total. The molecule has 0 aliphatic heterocycles. The van der Waals surface area contributed by atoms with E-state index in [0.717, 1.165) is 6.54 Å². The highest BCUT2D eigenvalue weighted by Crippen LogP contribution is 2.27. The smallest absolute Gasteiger partial charge is 0.360 e. The molecule has 1 aromatic rings. The monoisotopic (exact) mass is 209 g/mol. The lowest BCUT2D eigenvalue weighted by molar-refractivity contribution is 0.0519. The van der Waals surface area contributed by atoms with Crippen LogP contribution in [0.25, 0.3) is 0 Å². The number of nitrogens with zero attached hydrogens (tertiary/aromatic N) is 3. The SMILES string of the molecule is CCOC(=O)c1cn(CC2CCC2)nn1. The van der Waals surface area contributed by atoms with Crippen LogP contribution in [-0.4, -0.2) is 27.6 Å². The number of esters is 1. The van der Waals surface area contributed by atoms with E-state index in [-0.39, 0.29) is 0 Å². The van der Waals surface area contributed by atoms with Gasteiger partial charge in [0.1, 0.15) is 0 Å². The summed E-state index contributed by atoms with van der Waals surface area (Å²) < 4.78 is 6.56. The van der Waals surface area contributed by atoms with Crippen LogP contribution >= 0.6 is 0 Å². The summed E-state index contributed by atoms with van der Waals surface area (Å²) in [5.74, 6) is 0.319. The molecule has 0 atom stereocenters. The molecular formula is C10H15N3O2. The van der Waals surface area contributed by atoms with Crippen molar-refractivity contribution in [3.63, 3.8) is 0 Å². The highest BCUT2D eigenvalue weighted by atomic mass is 16.5. The summed E-state index contributed by atoms with van der Waals surface area (Å²) >= 11 is 0. The Bertz CT molecular complexity index is 344. The van der Waals surface area contributed by atoms with Crippen LogP contribution in [0.2, 0.25) is 0 Å². The zero-order valence-corrected chi connectivity index (χ0v) is 8.85. The van der Waals surface area contributed by atoms with Crippen LogP contribution in [0, 0.1) is 5.92 Å². The Morgan fingerprint density at radius 3 is 3.07 bits per heavy atom. The second kappa shape index (κ2) is 4.42. The van der Waals surface area contributed by atoms with Crippen LogP contribution in [-0.2, 0) is 11.3 Å². The maximum atomic E-state index is 11.3. The van der Waals surface area contributed by atoms with Crippen molar-refractivity contribution in [1.29, 1.82) is 0 Å². The van der Waals surface area contributed by atoms with Crippen molar-refractivity contribution in [2.45, 2.75) is 32.7 Å².